The number of rotatable bonds is 5. The molecule has 40 heavy (non-hydrogen) atoms. The fourth-order valence-electron chi connectivity index (χ4n) is 5.93. The molecule has 2 N–H and O–H groups in total. The topological polar surface area (TPSA) is 83.0 Å². The molecule has 0 amide bonds. The summed E-state index contributed by atoms with van der Waals surface area (Å²) < 4.78 is 0. The van der Waals surface area contributed by atoms with Gasteiger partial charge >= 0.3 is 0 Å². The Hall–Kier alpha value is -3.53. The standard InChI is InChI=1S/C33H33ClN4OS/c1-19-13-22(18-40-28-11-7-6-9-20(28)2)21(3)23(14-19)29-24(17-35)32(36)38(25-10-8-12-37-31(25)34)26-15-33(4,5)16-27(39)30(26)29/h6-14,29H,15-16,18,36H2,1-5H3. The minimum atomic E-state index is -0.544. The van der Waals surface area contributed by atoms with Crippen LogP contribution in [0.1, 0.15) is 60.4 Å². The van der Waals surface area contributed by atoms with Crippen molar-refractivity contribution in [3.63, 3.8) is 0 Å². The summed E-state index contributed by atoms with van der Waals surface area (Å²) >= 11 is 8.34. The molecule has 2 aliphatic rings. The summed E-state index contributed by atoms with van der Waals surface area (Å²) in [6, 6.07) is 18.7. The van der Waals surface area contributed by atoms with Gasteiger partial charge in [-0.15, -0.1) is 11.8 Å². The van der Waals surface area contributed by atoms with E-state index in [1.807, 2.05) is 6.07 Å². The molecule has 0 saturated heterocycles. The van der Waals surface area contributed by atoms with Crippen molar-refractivity contribution in [3.8, 4) is 6.07 Å². The molecule has 0 bridgehead atoms. The first-order valence-corrected chi connectivity index (χ1v) is 14.7. The fraction of sp³-hybridized carbons (Fsp3) is 0.303. The molecule has 1 aliphatic heterocycles. The third kappa shape index (κ3) is 5.05. The lowest BCUT2D eigenvalue weighted by Crippen LogP contribution is -2.42. The van der Waals surface area contributed by atoms with Crippen molar-refractivity contribution < 1.29 is 4.79 Å². The van der Waals surface area contributed by atoms with Gasteiger partial charge in [-0.05, 0) is 73.1 Å². The number of hydrogen-bond donors (Lipinski definition) is 1. The van der Waals surface area contributed by atoms with Crippen molar-refractivity contribution in [3.05, 3.63) is 110 Å². The first-order valence-electron chi connectivity index (χ1n) is 13.4. The summed E-state index contributed by atoms with van der Waals surface area (Å²) in [5, 5.41) is 10.8. The van der Waals surface area contributed by atoms with Crippen LogP contribution in [-0.2, 0) is 10.5 Å². The number of pyridine rings is 1. The number of anilines is 1. The van der Waals surface area contributed by atoms with Crippen molar-refractivity contribution in [2.45, 2.75) is 64.0 Å². The van der Waals surface area contributed by atoms with Crippen LogP contribution in [0.25, 0.3) is 0 Å². The van der Waals surface area contributed by atoms with Gasteiger partial charge in [-0.25, -0.2) is 4.98 Å². The normalized spacial score (nSPS) is 18.6. The number of benzene rings is 2. The minimum Gasteiger partial charge on any atom is -0.384 e. The highest BCUT2D eigenvalue weighted by molar-refractivity contribution is 7.98. The number of carbonyl (C=O) groups excluding carboxylic acids is 1. The number of halogens is 1. The van der Waals surface area contributed by atoms with Gasteiger partial charge in [0.05, 0.1) is 23.2 Å². The molecule has 5 rings (SSSR count). The van der Waals surface area contributed by atoms with Crippen molar-refractivity contribution in [1.82, 2.24) is 4.98 Å². The summed E-state index contributed by atoms with van der Waals surface area (Å²) in [5.74, 6) is 0.572. The zero-order chi connectivity index (χ0) is 28.8. The van der Waals surface area contributed by atoms with Crippen LogP contribution in [0.3, 0.4) is 0 Å². The van der Waals surface area contributed by atoms with Crippen LogP contribution in [0.5, 0.6) is 0 Å². The van der Waals surface area contributed by atoms with Crippen LogP contribution in [0, 0.1) is 37.5 Å². The highest BCUT2D eigenvalue weighted by Crippen LogP contribution is 2.51. The number of allylic oxidation sites excluding steroid dienone is 3. The van der Waals surface area contributed by atoms with E-state index in [2.05, 4.69) is 82.1 Å². The Kier molecular flexibility index (Phi) is 7.56. The Morgan fingerprint density at radius 2 is 1.90 bits per heavy atom. The van der Waals surface area contributed by atoms with Crippen LogP contribution in [0.15, 0.2) is 82.3 Å². The Morgan fingerprint density at radius 3 is 2.60 bits per heavy atom. The lowest BCUT2D eigenvalue weighted by atomic mass is 9.68. The molecule has 1 unspecified atom stereocenters. The lowest BCUT2D eigenvalue weighted by Gasteiger charge is -2.44. The van der Waals surface area contributed by atoms with E-state index in [9.17, 15) is 10.1 Å². The Balaban J connectivity index is 1.69. The highest BCUT2D eigenvalue weighted by atomic mass is 35.5. The van der Waals surface area contributed by atoms with E-state index in [0.717, 1.165) is 28.1 Å². The average molecular weight is 569 g/mol. The van der Waals surface area contributed by atoms with Gasteiger partial charge in [0.1, 0.15) is 5.82 Å². The quantitative estimate of drug-likeness (QED) is 0.249. The Bertz CT molecular complexity index is 1630. The van der Waals surface area contributed by atoms with Gasteiger partial charge in [0.15, 0.2) is 10.9 Å². The van der Waals surface area contributed by atoms with Gasteiger partial charge in [0, 0.05) is 34.5 Å². The van der Waals surface area contributed by atoms with E-state index in [1.54, 1.807) is 28.9 Å². The van der Waals surface area contributed by atoms with E-state index in [0.29, 0.717) is 35.5 Å². The molecular formula is C33H33ClN4OS. The first kappa shape index (κ1) is 28.0. The largest absolute Gasteiger partial charge is 0.384 e. The second kappa shape index (κ2) is 10.8. The summed E-state index contributed by atoms with van der Waals surface area (Å²) in [6.45, 7) is 10.5. The van der Waals surface area contributed by atoms with E-state index in [-0.39, 0.29) is 16.4 Å². The number of nitrogens with two attached hydrogens (primary N) is 1. The Morgan fingerprint density at radius 1 is 1.15 bits per heavy atom. The number of aryl methyl sites for hydroxylation is 2. The number of aromatic nitrogens is 1. The maximum Gasteiger partial charge on any atom is 0.162 e. The third-order valence-electron chi connectivity index (χ3n) is 7.85. The van der Waals surface area contributed by atoms with Gasteiger partial charge in [0.25, 0.3) is 0 Å². The maximum atomic E-state index is 14.0. The molecule has 0 saturated carbocycles. The molecule has 0 fully saturated rings. The molecule has 0 radical (unpaired) electrons. The van der Waals surface area contributed by atoms with Gasteiger partial charge in [-0.1, -0.05) is 61.3 Å². The maximum absolute atomic E-state index is 14.0. The van der Waals surface area contributed by atoms with Crippen molar-refractivity contribution in [2.75, 3.05) is 4.90 Å². The number of thioether (sulfide) groups is 1. The zero-order valence-electron chi connectivity index (χ0n) is 23.5. The molecule has 7 heteroatoms. The second-order valence-electron chi connectivity index (χ2n) is 11.5. The zero-order valence-corrected chi connectivity index (χ0v) is 25.1. The summed E-state index contributed by atoms with van der Waals surface area (Å²) in [4.78, 5) is 21.3. The smallest absolute Gasteiger partial charge is 0.162 e. The number of nitriles is 1. The molecule has 2 heterocycles. The van der Waals surface area contributed by atoms with Crippen molar-refractivity contribution >= 4 is 34.8 Å². The number of carbonyl (C=O) groups is 1. The molecule has 204 valence electrons. The predicted molar refractivity (Wildman–Crippen MR) is 163 cm³/mol. The van der Waals surface area contributed by atoms with Gasteiger partial charge in [0.2, 0.25) is 0 Å². The van der Waals surface area contributed by atoms with E-state index in [4.69, 9.17) is 17.3 Å². The van der Waals surface area contributed by atoms with Crippen LogP contribution >= 0.6 is 23.4 Å². The number of nitrogens with zero attached hydrogens (tertiary/aromatic N) is 3. The monoisotopic (exact) mass is 568 g/mol. The first-order chi connectivity index (χ1) is 19.0. The molecule has 1 aromatic heterocycles. The third-order valence-corrected chi connectivity index (χ3v) is 9.36. The predicted octanol–water partition coefficient (Wildman–Crippen LogP) is 7.89. The van der Waals surface area contributed by atoms with Crippen LogP contribution < -0.4 is 10.6 Å². The van der Waals surface area contributed by atoms with Crippen LogP contribution in [0.2, 0.25) is 5.15 Å². The lowest BCUT2D eigenvalue weighted by molar-refractivity contribution is -0.118. The molecule has 0 spiro atoms. The molecule has 1 atom stereocenters. The van der Waals surface area contributed by atoms with E-state index in [1.165, 1.54) is 16.0 Å². The summed E-state index contributed by atoms with van der Waals surface area (Å²) in [6.07, 6.45) is 2.63. The van der Waals surface area contributed by atoms with Crippen molar-refractivity contribution in [2.24, 2.45) is 11.1 Å². The van der Waals surface area contributed by atoms with Gasteiger partial charge in [-0.2, -0.15) is 5.26 Å². The molecule has 3 aromatic rings. The number of ketones is 1. The molecular weight excluding hydrogens is 536 g/mol. The number of Topliss-reactive ketones (excluding diaryl/α,β-unsaturated/α-hetero) is 1. The Labute approximate surface area is 245 Å². The van der Waals surface area contributed by atoms with Crippen LogP contribution in [0.4, 0.5) is 5.69 Å². The fourth-order valence-corrected chi connectivity index (χ4v) is 7.21. The van der Waals surface area contributed by atoms with Crippen LogP contribution in [-0.4, -0.2) is 10.8 Å². The summed E-state index contributed by atoms with van der Waals surface area (Å²) in [5.41, 5.74) is 14.5. The highest BCUT2D eigenvalue weighted by Gasteiger charge is 2.45. The minimum absolute atomic E-state index is 0.0401. The summed E-state index contributed by atoms with van der Waals surface area (Å²) in [7, 11) is 0. The number of hydrogen-bond acceptors (Lipinski definition) is 6. The van der Waals surface area contributed by atoms with Crippen molar-refractivity contribution in [1.29, 1.82) is 5.26 Å². The van der Waals surface area contributed by atoms with E-state index < -0.39 is 5.92 Å². The van der Waals surface area contributed by atoms with E-state index >= 15 is 0 Å². The van der Waals surface area contributed by atoms with Gasteiger partial charge < -0.3 is 5.73 Å². The SMILES string of the molecule is Cc1cc(CSc2ccccc2C)c(C)c(C2C(C#N)=C(N)N(c3cccnc3Cl)C3=C2C(=O)CC(C)(C)C3)c1. The molecule has 5 nitrogen and oxygen atoms in total. The second-order valence-corrected chi connectivity index (χ2v) is 12.9. The molecule has 2 aromatic carbocycles. The average Bonchev–Trinajstić information content (AvgIpc) is 2.89. The molecule has 1 aliphatic carbocycles. The van der Waals surface area contributed by atoms with Gasteiger partial charge in [-0.3, -0.25) is 9.69 Å².